The molecule has 31 heavy (non-hydrogen) atoms. The number of nitrogens with zero attached hydrogens (tertiary/aromatic N) is 5. The molecule has 2 atom stereocenters. The number of carbonyl (C=O) groups excluding carboxylic acids is 1. The van der Waals surface area contributed by atoms with Crippen molar-refractivity contribution in [3.8, 4) is 5.95 Å². The molecule has 0 aliphatic heterocycles. The average Bonchev–Trinajstić information content (AvgIpc) is 3.20. The van der Waals surface area contributed by atoms with Gasteiger partial charge in [0.1, 0.15) is 6.33 Å². The Labute approximate surface area is 186 Å². The van der Waals surface area contributed by atoms with Crippen molar-refractivity contribution in [1.82, 2.24) is 30.0 Å². The third-order valence-corrected chi connectivity index (χ3v) is 5.45. The standard InChI is InChI=1S/C17H13Cl2F3N6O2S/c1-2-13(14-25-8-26-28(14)16-23-6-11(19)7-24-16)27-15(29)9-3-10(18)5-12(4-9)31(30)17(20,21)22/h3-8,13H,2H2,1H3,(H,27,29). The number of hydrogen-bond donors (Lipinski definition) is 1. The molecule has 0 saturated heterocycles. The lowest BCUT2D eigenvalue weighted by Gasteiger charge is -2.17. The maximum Gasteiger partial charge on any atom is 0.475 e. The van der Waals surface area contributed by atoms with E-state index < -0.39 is 33.2 Å². The molecule has 1 aromatic carbocycles. The lowest BCUT2D eigenvalue weighted by molar-refractivity contribution is -0.0384. The van der Waals surface area contributed by atoms with Crippen LogP contribution >= 0.6 is 23.2 Å². The second-order valence-corrected chi connectivity index (χ2v) is 8.40. The molecule has 1 amide bonds. The van der Waals surface area contributed by atoms with Crippen molar-refractivity contribution in [3.63, 3.8) is 0 Å². The minimum atomic E-state index is -4.99. The van der Waals surface area contributed by atoms with Crippen molar-refractivity contribution in [3.05, 3.63) is 58.4 Å². The normalized spacial score (nSPS) is 13.6. The third-order valence-electron chi connectivity index (χ3n) is 3.95. The minimum Gasteiger partial charge on any atom is -0.342 e. The zero-order valence-electron chi connectivity index (χ0n) is 15.6. The molecule has 164 valence electrons. The number of rotatable bonds is 6. The van der Waals surface area contributed by atoms with Gasteiger partial charge in [0.2, 0.25) is 0 Å². The molecule has 0 aliphatic carbocycles. The van der Waals surface area contributed by atoms with Gasteiger partial charge in [-0.2, -0.15) is 23.0 Å². The first-order valence-electron chi connectivity index (χ1n) is 8.58. The Hall–Kier alpha value is -2.57. The van der Waals surface area contributed by atoms with E-state index in [-0.39, 0.29) is 16.5 Å². The second kappa shape index (κ2) is 9.28. The monoisotopic (exact) mass is 492 g/mol. The quantitative estimate of drug-likeness (QED) is 0.560. The van der Waals surface area contributed by atoms with Crippen molar-refractivity contribution >= 4 is 39.9 Å². The summed E-state index contributed by atoms with van der Waals surface area (Å²) < 4.78 is 51.3. The van der Waals surface area contributed by atoms with Gasteiger partial charge in [-0.3, -0.25) is 4.79 Å². The number of aromatic nitrogens is 5. The van der Waals surface area contributed by atoms with Crippen LogP contribution in [-0.4, -0.2) is 40.4 Å². The van der Waals surface area contributed by atoms with Crippen molar-refractivity contribution < 1.29 is 22.2 Å². The zero-order valence-corrected chi connectivity index (χ0v) is 17.9. The molecule has 14 heteroatoms. The van der Waals surface area contributed by atoms with Crippen LogP contribution in [0.3, 0.4) is 0 Å². The Morgan fingerprint density at radius 1 is 1.16 bits per heavy atom. The van der Waals surface area contributed by atoms with Gasteiger partial charge in [0, 0.05) is 10.6 Å². The molecule has 0 radical (unpaired) electrons. The van der Waals surface area contributed by atoms with Gasteiger partial charge in [0.15, 0.2) is 16.6 Å². The third kappa shape index (κ3) is 5.38. The van der Waals surface area contributed by atoms with Crippen LogP contribution in [0.4, 0.5) is 13.2 Å². The summed E-state index contributed by atoms with van der Waals surface area (Å²) in [6, 6.07) is 2.26. The molecule has 0 spiro atoms. The van der Waals surface area contributed by atoms with Crippen molar-refractivity contribution in [2.24, 2.45) is 0 Å². The number of hydrogen-bond acceptors (Lipinski definition) is 6. The summed E-state index contributed by atoms with van der Waals surface area (Å²) in [6.45, 7) is 1.76. The minimum absolute atomic E-state index is 0.161. The van der Waals surface area contributed by atoms with Crippen LogP contribution in [0.15, 0.2) is 41.8 Å². The summed E-state index contributed by atoms with van der Waals surface area (Å²) in [4.78, 5) is 24.3. The Kier molecular flexibility index (Phi) is 6.92. The molecule has 0 fully saturated rings. The molecule has 0 bridgehead atoms. The fourth-order valence-corrected chi connectivity index (χ4v) is 3.71. The van der Waals surface area contributed by atoms with E-state index in [2.05, 4.69) is 25.4 Å². The van der Waals surface area contributed by atoms with Crippen LogP contribution in [-0.2, 0) is 10.8 Å². The van der Waals surface area contributed by atoms with Crippen LogP contribution in [0, 0.1) is 0 Å². The summed E-state index contributed by atoms with van der Waals surface area (Å²) in [7, 11) is -3.33. The summed E-state index contributed by atoms with van der Waals surface area (Å²) in [5, 5.41) is 6.86. The first kappa shape index (κ1) is 23.1. The van der Waals surface area contributed by atoms with Crippen LogP contribution in [0.1, 0.15) is 35.6 Å². The highest BCUT2D eigenvalue weighted by Gasteiger charge is 2.38. The number of amides is 1. The molecule has 8 nitrogen and oxygen atoms in total. The molecule has 2 aromatic heterocycles. The molecule has 3 rings (SSSR count). The van der Waals surface area contributed by atoms with Gasteiger partial charge in [-0.05, 0) is 24.6 Å². The number of halogens is 5. The molecular formula is C17H13Cl2F3N6O2S. The molecule has 0 saturated carbocycles. The van der Waals surface area contributed by atoms with Crippen molar-refractivity contribution in [2.75, 3.05) is 0 Å². The van der Waals surface area contributed by atoms with Gasteiger partial charge in [0.25, 0.3) is 11.9 Å². The fourth-order valence-electron chi connectivity index (χ4n) is 2.58. The molecular weight excluding hydrogens is 480 g/mol. The van der Waals surface area contributed by atoms with Crippen molar-refractivity contribution in [1.29, 1.82) is 0 Å². The Balaban J connectivity index is 1.88. The van der Waals surface area contributed by atoms with Gasteiger partial charge in [0.05, 0.1) is 28.4 Å². The highest BCUT2D eigenvalue weighted by atomic mass is 35.5. The Bertz CT molecular complexity index is 1120. The number of benzene rings is 1. The lowest BCUT2D eigenvalue weighted by atomic mass is 10.1. The van der Waals surface area contributed by atoms with Gasteiger partial charge in [-0.1, -0.05) is 30.1 Å². The summed E-state index contributed by atoms with van der Waals surface area (Å²) in [5.41, 5.74) is -5.17. The summed E-state index contributed by atoms with van der Waals surface area (Å²) >= 11 is 11.6. The first-order chi connectivity index (χ1) is 14.6. The topological polar surface area (TPSA) is 103 Å². The van der Waals surface area contributed by atoms with Gasteiger partial charge in [-0.15, -0.1) is 0 Å². The largest absolute Gasteiger partial charge is 0.475 e. The number of alkyl halides is 3. The summed E-state index contributed by atoms with van der Waals surface area (Å²) in [6.07, 6.45) is 4.33. The Morgan fingerprint density at radius 3 is 2.45 bits per heavy atom. The van der Waals surface area contributed by atoms with E-state index in [1.807, 2.05) is 0 Å². The van der Waals surface area contributed by atoms with E-state index >= 15 is 0 Å². The molecule has 1 N–H and O–H groups in total. The number of nitrogens with one attached hydrogen (secondary N) is 1. The van der Waals surface area contributed by atoms with Crippen LogP contribution in [0.2, 0.25) is 10.0 Å². The van der Waals surface area contributed by atoms with Gasteiger partial charge in [-0.25, -0.2) is 19.2 Å². The highest BCUT2D eigenvalue weighted by Crippen LogP contribution is 2.29. The van der Waals surface area contributed by atoms with E-state index in [9.17, 15) is 22.2 Å². The van der Waals surface area contributed by atoms with Gasteiger partial charge < -0.3 is 5.32 Å². The maximum absolute atomic E-state index is 12.8. The van der Waals surface area contributed by atoms with Gasteiger partial charge >= 0.3 is 5.51 Å². The summed E-state index contributed by atoms with van der Waals surface area (Å²) in [5.74, 6) is -0.282. The lowest BCUT2D eigenvalue weighted by Crippen LogP contribution is -2.30. The zero-order chi connectivity index (χ0) is 22.8. The van der Waals surface area contributed by atoms with Crippen LogP contribution in [0.25, 0.3) is 5.95 Å². The highest BCUT2D eigenvalue weighted by molar-refractivity contribution is 7.86. The van der Waals surface area contributed by atoms with Crippen molar-refractivity contribution in [2.45, 2.75) is 29.8 Å². The van der Waals surface area contributed by atoms with E-state index in [0.29, 0.717) is 17.3 Å². The van der Waals surface area contributed by atoms with Crippen LogP contribution in [0.5, 0.6) is 0 Å². The van der Waals surface area contributed by atoms with Crippen LogP contribution < -0.4 is 5.32 Å². The van der Waals surface area contributed by atoms with E-state index in [1.54, 1.807) is 6.92 Å². The predicted octanol–water partition coefficient (Wildman–Crippen LogP) is 3.87. The average molecular weight is 493 g/mol. The molecule has 2 heterocycles. The molecule has 2 unspecified atom stereocenters. The smallest absolute Gasteiger partial charge is 0.342 e. The first-order valence-corrected chi connectivity index (χ1v) is 10.5. The molecule has 0 aliphatic rings. The van der Waals surface area contributed by atoms with E-state index in [4.69, 9.17) is 23.2 Å². The van der Waals surface area contributed by atoms with E-state index in [0.717, 1.165) is 12.1 Å². The molecule has 3 aromatic rings. The SMILES string of the molecule is CCC(NC(=O)c1cc(Cl)cc(S(=O)C(F)(F)F)c1)c1ncnn1-c1ncc(Cl)cn1. The second-order valence-electron chi connectivity index (χ2n) is 6.06. The predicted molar refractivity (Wildman–Crippen MR) is 106 cm³/mol. The van der Waals surface area contributed by atoms with E-state index in [1.165, 1.54) is 29.5 Å². The fraction of sp³-hybridized carbons (Fsp3) is 0.235. The Morgan fingerprint density at radius 2 is 1.84 bits per heavy atom. The number of carbonyl (C=O) groups is 1. The maximum atomic E-state index is 12.8.